The molecule has 0 unspecified atom stereocenters. The van der Waals surface area contributed by atoms with Crippen molar-refractivity contribution in [1.82, 2.24) is 9.78 Å². The van der Waals surface area contributed by atoms with E-state index in [0.29, 0.717) is 5.82 Å². The number of rotatable bonds is 4. The van der Waals surface area contributed by atoms with Gasteiger partial charge in [0.2, 0.25) is 0 Å². The van der Waals surface area contributed by atoms with E-state index in [1.54, 1.807) is 16.9 Å². The van der Waals surface area contributed by atoms with Crippen LogP contribution >= 0.6 is 0 Å². The Labute approximate surface area is 102 Å². The molecule has 0 saturated heterocycles. The van der Waals surface area contributed by atoms with Crippen LogP contribution in [0, 0.1) is 0 Å². The van der Waals surface area contributed by atoms with Crippen LogP contribution in [0.15, 0.2) is 12.3 Å². The summed E-state index contributed by atoms with van der Waals surface area (Å²) in [7, 11) is 0. The molecule has 0 aliphatic carbocycles. The van der Waals surface area contributed by atoms with Gasteiger partial charge in [-0.15, -0.1) is 0 Å². The maximum atomic E-state index is 11.7. The van der Waals surface area contributed by atoms with E-state index >= 15 is 0 Å². The van der Waals surface area contributed by atoms with Gasteiger partial charge < -0.3 is 10.1 Å². The third kappa shape index (κ3) is 4.56. The predicted octanol–water partition coefficient (Wildman–Crippen LogP) is 2.22. The minimum atomic E-state index is -0.310. The SMILES string of the molecule is CC(C)n1nccc1NC(=O)COC(C)(C)C. The number of ether oxygens (including phenoxy) is 1. The molecule has 1 amide bonds. The Morgan fingerprint density at radius 1 is 1.53 bits per heavy atom. The summed E-state index contributed by atoms with van der Waals surface area (Å²) in [6.07, 6.45) is 1.67. The molecule has 5 heteroatoms. The molecule has 0 bridgehead atoms. The summed E-state index contributed by atoms with van der Waals surface area (Å²) in [6.45, 7) is 9.81. The van der Waals surface area contributed by atoms with Crippen LogP contribution in [0.2, 0.25) is 0 Å². The number of hydrogen-bond donors (Lipinski definition) is 1. The summed E-state index contributed by atoms with van der Waals surface area (Å²) in [4.78, 5) is 11.7. The minimum Gasteiger partial charge on any atom is -0.366 e. The number of aromatic nitrogens is 2. The topological polar surface area (TPSA) is 56.2 Å². The summed E-state index contributed by atoms with van der Waals surface area (Å²) in [5.74, 6) is 0.532. The van der Waals surface area contributed by atoms with Gasteiger partial charge in [-0.2, -0.15) is 5.10 Å². The first kappa shape index (κ1) is 13.7. The van der Waals surface area contributed by atoms with Crippen LogP contribution in [0.4, 0.5) is 5.82 Å². The van der Waals surface area contributed by atoms with Gasteiger partial charge in [0.1, 0.15) is 12.4 Å². The first-order valence-electron chi connectivity index (χ1n) is 5.77. The van der Waals surface area contributed by atoms with Gasteiger partial charge in [-0.3, -0.25) is 4.79 Å². The highest BCUT2D eigenvalue weighted by Crippen LogP contribution is 2.13. The van der Waals surface area contributed by atoms with E-state index in [0.717, 1.165) is 0 Å². The zero-order valence-corrected chi connectivity index (χ0v) is 11.2. The summed E-state index contributed by atoms with van der Waals surface area (Å²) < 4.78 is 7.16. The van der Waals surface area contributed by atoms with E-state index in [-0.39, 0.29) is 24.2 Å². The van der Waals surface area contributed by atoms with Gasteiger partial charge in [0.15, 0.2) is 0 Å². The lowest BCUT2D eigenvalue weighted by Gasteiger charge is -2.19. The van der Waals surface area contributed by atoms with E-state index in [9.17, 15) is 4.79 Å². The Morgan fingerprint density at radius 2 is 2.18 bits per heavy atom. The lowest BCUT2D eigenvalue weighted by atomic mass is 10.2. The molecule has 0 radical (unpaired) electrons. The van der Waals surface area contributed by atoms with Crippen LogP contribution in [0.25, 0.3) is 0 Å². The van der Waals surface area contributed by atoms with Crippen molar-refractivity contribution < 1.29 is 9.53 Å². The number of nitrogens with one attached hydrogen (secondary N) is 1. The Balaban J connectivity index is 2.54. The largest absolute Gasteiger partial charge is 0.366 e. The van der Waals surface area contributed by atoms with Gasteiger partial charge in [0, 0.05) is 12.1 Å². The average molecular weight is 239 g/mol. The molecule has 1 N–H and O–H groups in total. The number of carbonyl (C=O) groups excluding carboxylic acids is 1. The Bertz CT molecular complexity index is 377. The quantitative estimate of drug-likeness (QED) is 0.876. The predicted molar refractivity (Wildman–Crippen MR) is 66.9 cm³/mol. The fraction of sp³-hybridized carbons (Fsp3) is 0.667. The number of anilines is 1. The van der Waals surface area contributed by atoms with Gasteiger partial charge in [0.05, 0.1) is 11.8 Å². The second-order valence-electron chi connectivity index (χ2n) is 5.20. The van der Waals surface area contributed by atoms with E-state index in [1.807, 2.05) is 34.6 Å². The lowest BCUT2D eigenvalue weighted by molar-refractivity contribution is -0.125. The fourth-order valence-corrected chi connectivity index (χ4v) is 1.29. The van der Waals surface area contributed by atoms with Crippen molar-refractivity contribution in [3.05, 3.63) is 12.3 Å². The fourth-order valence-electron chi connectivity index (χ4n) is 1.29. The van der Waals surface area contributed by atoms with Crippen LogP contribution in [0.5, 0.6) is 0 Å². The molecular weight excluding hydrogens is 218 g/mol. The zero-order valence-electron chi connectivity index (χ0n) is 11.2. The third-order valence-electron chi connectivity index (χ3n) is 2.06. The van der Waals surface area contributed by atoms with Crippen molar-refractivity contribution in [3.63, 3.8) is 0 Å². The maximum absolute atomic E-state index is 11.7. The molecular formula is C12H21N3O2. The summed E-state index contributed by atoms with van der Waals surface area (Å²) in [6, 6.07) is 1.98. The smallest absolute Gasteiger partial charge is 0.251 e. The molecule has 17 heavy (non-hydrogen) atoms. The monoisotopic (exact) mass is 239 g/mol. The third-order valence-corrected chi connectivity index (χ3v) is 2.06. The standard InChI is InChI=1S/C12H21N3O2/c1-9(2)15-10(6-7-13-15)14-11(16)8-17-12(3,4)5/h6-7,9H,8H2,1-5H3,(H,14,16). The van der Waals surface area contributed by atoms with Crippen molar-refractivity contribution in [3.8, 4) is 0 Å². The molecule has 0 aromatic carbocycles. The Kier molecular flexibility index (Phi) is 4.28. The molecule has 0 aliphatic rings. The molecule has 1 aromatic heterocycles. The van der Waals surface area contributed by atoms with Crippen LogP contribution in [-0.2, 0) is 9.53 Å². The number of amides is 1. The minimum absolute atomic E-state index is 0.0484. The molecule has 1 heterocycles. The highest BCUT2D eigenvalue weighted by atomic mass is 16.5. The van der Waals surface area contributed by atoms with Crippen LogP contribution < -0.4 is 5.32 Å². The highest BCUT2D eigenvalue weighted by molar-refractivity contribution is 5.90. The summed E-state index contributed by atoms with van der Waals surface area (Å²) >= 11 is 0. The highest BCUT2D eigenvalue weighted by Gasteiger charge is 2.14. The summed E-state index contributed by atoms with van der Waals surface area (Å²) in [5, 5.41) is 6.92. The van der Waals surface area contributed by atoms with E-state index in [1.165, 1.54) is 0 Å². The molecule has 0 fully saturated rings. The van der Waals surface area contributed by atoms with Crippen molar-refractivity contribution in [2.45, 2.75) is 46.3 Å². The van der Waals surface area contributed by atoms with Gasteiger partial charge in [-0.1, -0.05) is 0 Å². The molecule has 5 nitrogen and oxygen atoms in total. The van der Waals surface area contributed by atoms with Gasteiger partial charge >= 0.3 is 0 Å². The molecule has 96 valence electrons. The van der Waals surface area contributed by atoms with Crippen molar-refractivity contribution in [1.29, 1.82) is 0 Å². The Hall–Kier alpha value is -1.36. The van der Waals surface area contributed by atoms with Gasteiger partial charge in [-0.25, -0.2) is 4.68 Å². The molecule has 0 atom stereocenters. The molecule has 0 spiro atoms. The normalized spacial score (nSPS) is 11.9. The van der Waals surface area contributed by atoms with E-state index in [4.69, 9.17) is 4.74 Å². The average Bonchev–Trinajstić information content (AvgIpc) is 2.62. The second-order valence-corrected chi connectivity index (χ2v) is 5.20. The molecule has 0 saturated carbocycles. The maximum Gasteiger partial charge on any atom is 0.251 e. The van der Waals surface area contributed by atoms with Crippen molar-refractivity contribution >= 4 is 11.7 Å². The van der Waals surface area contributed by atoms with Crippen molar-refractivity contribution in [2.75, 3.05) is 11.9 Å². The first-order valence-corrected chi connectivity index (χ1v) is 5.77. The lowest BCUT2D eigenvalue weighted by Crippen LogP contribution is -2.28. The molecule has 1 rings (SSSR count). The van der Waals surface area contributed by atoms with Gasteiger partial charge in [0.25, 0.3) is 5.91 Å². The van der Waals surface area contributed by atoms with E-state index < -0.39 is 0 Å². The van der Waals surface area contributed by atoms with Crippen LogP contribution in [-0.4, -0.2) is 27.9 Å². The van der Waals surface area contributed by atoms with Crippen LogP contribution in [0.1, 0.15) is 40.7 Å². The molecule has 1 aromatic rings. The first-order chi connectivity index (χ1) is 7.79. The van der Waals surface area contributed by atoms with Crippen LogP contribution in [0.3, 0.4) is 0 Å². The second kappa shape index (κ2) is 5.31. The summed E-state index contributed by atoms with van der Waals surface area (Å²) in [5.41, 5.74) is -0.310. The molecule has 0 aliphatic heterocycles. The zero-order chi connectivity index (χ0) is 13.1. The number of nitrogens with zero attached hydrogens (tertiary/aromatic N) is 2. The van der Waals surface area contributed by atoms with Crippen molar-refractivity contribution in [2.24, 2.45) is 0 Å². The Morgan fingerprint density at radius 3 is 2.71 bits per heavy atom. The number of hydrogen-bond acceptors (Lipinski definition) is 3. The van der Waals surface area contributed by atoms with Gasteiger partial charge in [-0.05, 0) is 34.6 Å². The van der Waals surface area contributed by atoms with E-state index in [2.05, 4.69) is 10.4 Å². The number of carbonyl (C=O) groups is 1.